The third-order valence-electron chi connectivity index (χ3n) is 5.87. The summed E-state index contributed by atoms with van der Waals surface area (Å²) in [6.07, 6.45) is 6.66. The van der Waals surface area contributed by atoms with Crippen LogP contribution in [-0.4, -0.2) is 40.7 Å². The number of rotatable bonds is 0. The average Bonchev–Trinajstić information content (AvgIpc) is 3.42. The van der Waals surface area contributed by atoms with Crippen LogP contribution in [0.4, 0.5) is 10.2 Å². The zero-order valence-electron chi connectivity index (χ0n) is 16.2. The maximum absolute atomic E-state index is 14.1. The SMILES string of the molecule is CN1c2ccn3ncc(c3n2)C(=O)NCCCCOc2ccc(F)cc2C12CC2. The van der Waals surface area contributed by atoms with E-state index in [1.807, 2.05) is 13.1 Å². The molecule has 1 aliphatic carbocycles. The molecule has 7 nitrogen and oxygen atoms in total. The molecule has 2 bridgehead atoms. The largest absolute Gasteiger partial charge is 0.493 e. The van der Waals surface area contributed by atoms with Crippen molar-refractivity contribution in [2.24, 2.45) is 0 Å². The molecule has 3 aromatic rings. The third kappa shape index (κ3) is 2.99. The molecule has 2 aliphatic rings. The van der Waals surface area contributed by atoms with Gasteiger partial charge in [0.15, 0.2) is 5.65 Å². The Labute approximate surface area is 167 Å². The predicted molar refractivity (Wildman–Crippen MR) is 106 cm³/mol. The van der Waals surface area contributed by atoms with Crippen molar-refractivity contribution in [2.75, 3.05) is 25.1 Å². The highest BCUT2D eigenvalue weighted by Gasteiger charge is 2.50. The molecule has 29 heavy (non-hydrogen) atoms. The fraction of sp³-hybridized carbons (Fsp3) is 0.381. The van der Waals surface area contributed by atoms with Crippen LogP contribution >= 0.6 is 0 Å². The van der Waals surface area contributed by atoms with E-state index in [0.717, 1.165) is 31.2 Å². The lowest BCUT2D eigenvalue weighted by atomic mass is 10.0. The van der Waals surface area contributed by atoms with E-state index in [0.29, 0.717) is 35.9 Å². The number of benzene rings is 1. The van der Waals surface area contributed by atoms with E-state index in [-0.39, 0.29) is 17.3 Å². The third-order valence-corrected chi connectivity index (χ3v) is 5.87. The van der Waals surface area contributed by atoms with Gasteiger partial charge in [0.25, 0.3) is 5.91 Å². The van der Waals surface area contributed by atoms with Crippen LogP contribution in [-0.2, 0) is 5.54 Å². The van der Waals surface area contributed by atoms with Crippen molar-refractivity contribution in [2.45, 2.75) is 31.2 Å². The number of ether oxygens (including phenoxy) is 1. The number of carbonyl (C=O) groups is 1. The van der Waals surface area contributed by atoms with E-state index in [2.05, 4.69) is 15.3 Å². The molecule has 1 spiro atoms. The first-order valence-corrected chi connectivity index (χ1v) is 9.88. The fourth-order valence-electron chi connectivity index (χ4n) is 4.03. The molecule has 0 radical (unpaired) electrons. The Morgan fingerprint density at radius 3 is 2.93 bits per heavy atom. The molecule has 0 unspecified atom stereocenters. The number of hydrogen-bond acceptors (Lipinski definition) is 5. The molecular formula is C21H22FN5O2. The van der Waals surface area contributed by atoms with Gasteiger partial charge >= 0.3 is 0 Å². The number of fused-ring (bicyclic) bond motifs is 3. The fourth-order valence-corrected chi connectivity index (χ4v) is 4.03. The number of nitrogens with zero attached hydrogens (tertiary/aromatic N) is 4. The van der Waals surface area contributed by atoms with Crippen LogP contribution in [0.25, 0.3) is 5.65 Å². The van der Waals surface area contributed by atoms with Gasteiger partial charge in [0, 0.05) is 25.4 Å². The minimum Gasteiger partial charge on any atom is -0.493 e. The maximum atomic E-state index is 14.1. The smallest absolute Gasteiger partial charge is 0.256 e. The number of nitrogens with one attached hydrogen (secondary N) is 1. The van der Waals surface area contributed by atoms with Crippen molar-refractivity contribution in [3.8, 4) is 5.75 Å². The van der Waals surface area contributed by atoms with Crippen LogP contribution in [0.5, 0.6) is 5.75 Å². The predicted octanol–water partition coefficient (Wildman–Crippen LogP) is 2.90. The van der Waals surface area contributed by atoms with Gasteiger partial charge in [-0.1, -0.05) is 0 Å². The first-order valence-electron chi connectivity index (χ1n) is 9.88. The van der Waals surface area contributed by atoms with Crippen molar-refractivity contribution >= 4 is 17.4 Å². The van der Waals surface area contributed by atoms with Gasteiger partial charge in [-0.15, -0.1) is 0 Å². The summed E-state index contributed by atoms with van der Waals surface area (Å²) in [5, 5.41) is 7.17. The quantitative estimate of drug-likeness (QED) is 0.634. The Hall–Kier alpha value is -3.16. The zero-order chi connectivity index (χ0) is 20.0. The summed E-state index contributed by atoms with van der Waals surface area (Å²) in [5.41, 5.74) is 1.43. The van der Waals surface area contributed by atoms with Crippen molar-refractivity contribution < 1.29 is 13.9 Å². The van der Waals surface area contributed by atoms with Gasteiger partial charge in [-0.05, 0) is 49.9 Å². The minimum absolute atomic E-state index is 0.186. The highest BCUT2D eigenvalue weighted by molar-refractivity contribution is 5.99. The summed E-state index contributed by atoms with van der Waals surface area (Å²) in [6, 6.07) is 6.58. The molecule has 1 N–H and O–H groups in total. The van der Waals surface area contributed by atoms with Crippen LogP contribution in [0.1, 0.15) is 41.6 Å². The van der Waals surface area contributed by atoms with Gasteiger partial charge in [-0.2, -0.15) is 5.10 Å². The molecule has 1 aromatic carbocycles. The van der Waals surface area contributed by atoms with Crippen molar-refractivity contribution in [1.29, 1.82) is 0 Å². The number of anilines is 1. The lowest BCUT2D eigenvalue weighted by molar-refractivity contribution is 0.0954. The molecule has 1 aliphatic heterocycles. The van der Waals surface area contributed by atoms with E-state index in [1.54, 1.807) is 29.0 Å². The summed E-state index contributed by atoms with van der Waals surface area (Å²) < 4.78 is 21.8. The van der Waals surface area contributed by atoms with E-state index < -0.39 is 0 Å². The molecule has 8 heteroatoms. The summed E-state index contributed by atoms with van der Waals surface area (Å²) in [5.74, 6) is 0.950. The molecule has 1 amide bonds. The van der Waals surface area contributed by atoms with Crippen LogP contribution < -0.4 is 15.0 Å². The Morgan fingerprint density at radius 2 is 2.10 bits per heavy atom. The van der Waals surface area contributed by atoms with E-state index in [1.165, 1.54) is 6.07 Å². The van der Waals surface area contributed by atoms with Crippen LogP contribution in [0.3, 0.4) is 0 Å². The summed E-state index contributed by atoms with van der Waals surface area (Å²) in [4.78, 5) is 19.4. The summed E-state index contributed by atoms with van der Waals surface area (Å²) in [7, 11) is 1.95. The second-order valence-corrected chi connectivity index (χ2v) is 7.65. The van der Waals surface area contributed by atoms with Gasteiger partial charge in [0.2, 0.25) is 0 Å². The number of carbonyl (C=O) groups excluding carboxylic acids is 1. The van der Waals surface area contributed by atoms with Crippen molar-refractivity contribution in [3.63, 3.8) is 0 Å². The summed E-state index contributed by atoms with van der Waals surface area (Å²) in [6.45, 7) is 1.05. The van der Waals surface area contributed by atoms with Crippen LogP contribution in [0.2, 0.25) is 0 Å². The number of aromatic nitrogens is 3. The highest BCUT2D eigenvalue weighted by Crippen LogP contribution is 2.54. The lowest BCUT2D eigenvalue weighted by Gasteiger charge is -2.31. The normalized spacial score (nSPS) is 18.7. The molecule has 5 rings (SSSR count). The number of hydrogen-bond donors (Lipinski definition) is 1. The van der Waals surface area contributed by atoms with E-state index in [9.17, 15) is 9.18 Å². The monoisotopic (exact) mass is 395 g/mol. The van der Waals surface area contributed by atoms with Gasteiger partial charge < -0.3 is 15.0 Å². The molecular weight excluding hydrogens is 373 g/mol. The average molecular weight is 395 g/mol. The lowest BCUT2D eigenvalue weighted by Crippen LogP contribution is -2.33. The van der Waals surface area contributed by atoms with Gasteiger partial charge in [-0.25, -0.2) is 13.9 Å². The molecule has 3 heterocycles. The van der Waals surface area contributed by atoms with Crippen LogP contribution in [0, 0.1) is 5.82 Å². The molecule has 1 fully saturated rings. The van der Waals surface area contributed by atoms with E-state index in [4.69, 9.17) is 9.72 Å². The zero-order valence-corrected chi connectivity index (χ0v) is 16.2. The first kappa shape index (κ1) is 17.9. The number of halogens is 1. The molecule has 0 saturated heterocycles. The van der Waals surface area contributed by atoms with Gasteiger partial charge in [0.1, 0.15) is 22.9 Å². The highest BCUT2D eigenvalue weighted by atomic mass is 19.1. The van der Waals surface area contributed by atoms with Crippen molar-refractivity contribution in [1.82, 2.24) is 19.9 Å². The molecule has 2 aromatic heterocycles. The Bertz CT molecular complexity index is 1090. The summed E-state index contributed by atoms with van der Waals surface area (Å²) >= 11 is 0. The van der Waals surface area contributed by atoms with Crippen LogP contribution in [0.15, 0.2) is 36.7 Å². The standard InChI is InChI=1S/C21H22FN5O2/c1-26-18-6-10-27-19(25-18)15(13-24-27)20(28)23-9-2-3-11-29-17-5-4-14(22)12-16(17)21(26)7-8-21/h4-6,10,12-13H,2-3,7-9,11H2,1H3,(H,23,28). The Balaban J connectivity index is 1.64. The molecule has 1 saturated carbocycles. The maximum Gasteiger partial charge on any atom is 0.256 e. The topological polar surface area (TPSA) is 71.8 Å². The van der Waals surface area contributed by atoms with Crippen molar-refractivity contribution in [3.05, 3.63) is 53.6 Å². The molecule has 150 valence electrons. The second-order valence-electron chi connectivity index (χ2n) is 7.65. The Morgan fingerprint density at radius 1 is 1.24 bits per heavy atom. The van der Waals surface area contributed by atoms with Gasteiger partial charge in [-0.3, -0.25) is 4.79 Å². The Kier molecular flexibility index (Phi) is 4.15. The van der Waals surface area contributed by atoms with Gasteiger partial charge in [0.05, 0.1) is 18.3 Å². The minimum atomic E-state index is -0.370. The number of amides is 1. The molecule has 0 atom stereocenters. The first-order chi connectivity index (χ1) is 14.1. The second kappa shape index (κ2) is 6.72. The van der Waals surface area contributed by atoms with E-state index >= 15 is 0 Å².